The van der Waals surface area contributed by atoms with E-state index in [4.69, 9.17) is 4.42 Å². The molecule has 0 radical (unpaired) electrons. The van der Waals surface area contributed by atoms with Crippen LogP contribution in [0.4, 0.5) is 0 Å². The minimum atomic E-state index is 0.491. The lowest BCUT2D eigenvalue weighted by atomic mass is 9.83. The van der Waals surface area contributed by atoms with Crippen LogP contribution in [0.2, 0.25) is 0 Å². The summed E-state index contributed by atoms with van der Waals surface area (Å²) in [4.78, 5) is 0. The number of hydrogen-bond acceptors (Lipinski definition) is 2. The summed E-state index contributed by atoms with van der Waals surface area (Å²) >= 11 is 0. The molecule has 102 valence electrons. The first kappa shape index (κ1) is 13.7. The van der Waals surface area contributed by atoms with Gasteiger partial charge in [-0.05, 0) is 38.3 Å². The molecule has 1 fully saturated rings. The van der Waals surface area contributed by atoms with Gasteiger partial charge in [0.2, 0.25) is 0 Å². The van der Waals surface area contributed by atoms with Gasteiger partial charge in [0, 0.05) is 11.6 Å². The third-order valence-electron chi connectivity index (χ3n) is 4.09. The third-order valence-corrected chi connectivity index (χ3v) is 4.09. The lowest BCUT2D eigenvalue weighted by molar-refractivity contribution is 0.299. The van der Waals surface area contributed by atoms with Crippen LogP contribution in [0.3, 0.4) is 0 Å². The molecule has 1 atom stereocenters. The number of hydrogen-bond donors (Lipinski definition) is 1. The van der Waals surface area contributed by atoms with Crippen molar-refractivity contribution in [1.29, 1.82) is 0 Å². The molecule has 0 aliphatic heterocycles. The summed E-state index contributed by atoms with van der Waals surface area (Å²) in [5.41, 5.74) is 1.34. The number of furan rings is 1. The highest BCUT2D eigenvalue weighted by molar-refractivity contribution is 5.16. The Balaban J connectivity index is 1.95. The first-order valence-corrected chi connectivity index (χ1v) is 7.58. The van der Waals surface area contributed by atoms with Gasteiger partial charge in [-0.3, -0.25) is 0 Å². The van der Waals surface area contributed by atoms with Crippen molar-refractivity contribution in [2.24, 2.45) is 5.92 Å². The van der Waals surface area contributed by atoms with E-state index >= 15 is 0 Å². The molecule has 1 N–H and O–H groups in total. The highest BCUT2D eigenvalue weighted by Gasteiger charge is 2.20. The Morgan fingerprint density at radius 3 is 2.72 bits per heavy atom. The second-order valence-electron chi connectivity index (χ2n) is 5.74. The molecule has 1 aliphatic carbocycles. The minimum Gasteiger partial charge on any atom is -0.469 e. The van der Waals surface area contributed by atoms with Crippen LogP contribution in [0, 0.1) is 12.8 Å². The second-order valence-corrected chi connectivity index (χ2v) is 5.74. The Morgan fingerprint density at radius 1 is 1.33 bits per heavy atom. The van der Waals surface area contributed by atoms with Crippen molar-refractivity contribution in [2.75, 3.05) is 6.54 Å². The maximum Gasteiger partial charge on any atom is 0.101 e. The molecule has 0 bridgehead atoms. The third kappa shape index (κ3) is 3.88. The van der Waals surface area contributed by atoms with E-state index in [0.717, 1.165) is 18.2 Å². The van der Waals surface area contributed by atoms with Crippen LogP contribution >= 0.6 is 0 Å². The van der Waals surface area contributed by atoms with Crippen molar-refractivity contribution in [3.05, 3.63) is 23.7 Å². The van der Waals surface area contributed by atoms with Gasteiger partial charge in [0.25, 0.3) is 0 Å². The van der Waals surface area contributed by atoms with Crippen molar-refractivity contribution in [1.82, 2.24) is 5.32 Å². The predicted molar refractivity (Wildman–Crippen MR) is 75.7 cm³/mol. The molecule has 1 aromatic rings. The summed E-state index contributed by atoms with van der Waals surface area (Å²) in [6.45, 7) is 5.36. The molecule has 2 rings (SSSR count). The fourth-order valence-electron chi connectivity index (χ4n) is 3.06. The van der Waals surface area contributed by atoms with Crippen molar-refractivity contribution < 1.29 is 4.42 Å². The average Bonchev–Trinajstić information content (AvgIpc) is 2.82. The number of nitrogens with one attached hydrogen (secondary N) is 1. The molecule has 0 saturated heterocycles. The first-order valence-electron chi connectivity index (χ1n) is 7.58. The topological polar surface area (TPSA) is 25.2 Å². The molecule has 0 spiro atoms. The molecular formula is C16H27NO. The van der Waals surface area contributed by atoms with Gasteiger partial charge in [-0.15, -0.1) is 0 Å². The zero-order valence-corrected chi connectivity index (χ0v) is 11.9. The molecule has 1 aliphatic rings. The normalized spacial score (nSPS) is 19.0. The predicted octanol–water partition coefficient (Wildman–Crippen LogP) is 4.60. The SMILES string of the molecule is CCCNC(CC1CCCCC1)c1coc(C)c1. The van der Waals surface area contributed by atoms with Crippen molar-refractivity contribution in [2.45, 2.75) is 64.8 Å². The fraction of sp³-hybridized carbons (Fsp3) is 0.750. The summed E-state index contributed by atoms with van der Waals surface area (Å²) in [5, 5.41) is 3.69. The highest BCUT2D eigenvalue weighted by Crippen LogP contribution is 2.32. The smallest absolute Gasteiger partial charge is 0.101 e. The number of aryl methyl sites for hydroxylation is 1. The van der Waals surface area contributed by atoms with Crippen LogP contribution in [0.25, 0.3) is 0 Å². The average molecular weight is 249 g/mol. The first-order chi connectivity index (χ1) is 8.79. The molecule has 2 heteroatoms. The second kappa shape index (κ2) is 6.98. The zero-order valence-electron chi connectivity index (χ0n) is 11.9. The Labute approximate surface area is 111 Å². The molecule has 18 heavy (non-hydrogen) atoms. The summed E-state index contributed by atoms with van der Waals surface area (Å²) in [6, 6.07) is 2.68. The largest absolute Gasteiger partial charge is 0.469 e. The van der Waals surface area contributed by atoms with Gasteiger partial charge in [0.05, 0.1) is 6.26 Å². The molecule has 0 amide bonds. The minimum absolute atomic E-state index is 0.491. The highest BCUT2D eigenvalue weighted by atomic mass is 16.3. The van der Waals surface area contributed by atoms with E-state index in [2.05, 4.69) is 18.3 Å². The van der Waals surface area contributed by atoms with Gasteiger partial charge in [0.15, 0.2) is 0 Å². The molecule has 1 aromatic heterocycles. The Hall–Kier alpha value is -0.760. The number of rotatable bonds is 6. The summed E-state index contributed by atoms with van der Waals surface area (Å²) in [5.74, 6) is 1.93. The lowest BCUT2D eigenvalue weighted by Crippen LogP contribution is -2.25. The van der Waals surface area contributed by atoms with Crippen LogP contribution in [-0.4, -0.2) is 6.54 Å². The van der Waals surface area contributed by atoms with Gasteiger partial charge in [-0.25, -0.2) is 0 Å². The van der Waals surface area contributed by atoms with Gasteiger partial charge in [-0.1, -0.05) is 39.0 Å². The zero-order chi connectivity index (χ0) is 12.8. The van der Waals surface area contributed by atoms with Crippen LogP contribution in [-0.2, 0) is 0 Å². The fourth-order valence-corrected chi connectivity index (χ4v) is 3.06. The van der Waals surface area contributed by atoms with Crippen LogP contribution in [0.1, 0.15) is 69.2 Å². The maximum absolute atomic E-state index is 5.47. The molecule has 1 heterocycles. The molecule has 1 unspecified atom stereocenters. The monoisotopic (exact) mass is 249 g/mol. The van der Waals surface area contributed by atoms with Crippen molar-refractivity contribution in [3.8, 4) is 0 Å². The summed E-state index contributed by atoms with van der Waals surface area (Å²) in [7, 11) is 0. The van der Waals surface area contributed by atoms with E-state index in [1.807, 2.05) is 13.2 Å². The van der Waals surface area contributed by atoms with E-state index in [9.17, 15) is 0 Å². The molecular weight excluding hydrogens is 222 g/mol. The molecule has 2 nitrogen and oxygen atoms in total. The van der Waals surface area contributed by atoms with Gasteiger partial charge in [0.1, 0.15) is 5.76 Å². The van der Waals surface area contributed by atoms with Crippen LogP contribution in [0.15, 0.2) is 16.7 Å². The van der Waals surface area contributed by atoms with Crippen molar-refractivity contribution in [3.63, 3.8) is 0 Å². The van der Waals surface area contributed by atoms with Gasteiger partial charge >= 0.3 is 0 Å². The van der Waals surface area contributed by atoms with E-state index in [1.165, 1.54) is 50.5 Å². The van der Waals surface area contributed by atoms with Gasteiger partial charge < -0.3 is 9.73 Å². The molecule has 0 aromatic carbocycles. The maximum atomic E-state index is 5.47. The Kier molecular flexibility index (Phi) is 5.30. The Bertz CT molecular complexity index is 339. The lowest BCUT2D eigenvalue weighted by Gasteiger charge is -2.26. The molecule has 1 saturated carbocycles. The summed E-state index contributed by atoms with van der Waals surface area (Å²) < 4.78 is 5.47. The quantitative estimate of drug-likeness (QED) is 0.797. The van der Waals surface area contributed by atoms with E-state index in [0.29, 0.717) is 6.04 Å². The Morgan fingerprint density at radius 2 is 2.11 bits per heavy atom. The van der Waals surface area contributed by atoms with Gasteiger partial charge in [-0.2, -0.15) is 0 Å². The van der Waals surface area contributed by atoms with E-state index < -0.39 is 0 Å². The van der Waals surface area contributed by atoms with Crippen molar-refractivity contribution >= 4 is 0 Å². The van der Waals surface area contributed by atoms with Crippen LogP contribution in [0.5, 0.6) is 0 Å². The van der Waals surface area contributed by atoms with E-state index in [-0.39, 0.29) is 0 Å². The summed E-state index contributed by atoms with van der Waals surface area (Å²) in [6.07, 6.45) is 11.5. The van der Waals surface area contributed by atoms with E-state index in [1.54, 1.807) is 0 Å². The standard InChI is InChI=1S/C16H27NO/c1-3-9-17-16(15-10-13(2)18-12-15)11-14-7-5-4-6-8-14/h10,12,14,16-17H,3-9,11H2,1-2H3. The van der Waals surface area contributed by atoms with Crippen LogP contribution < -0.4 is 5.32 Å².